The van der Waals surface area contributed by atoms with Gasteiger partial charge < -0.3 is 5.32 Å². The lowest BCUT2D eigenvalue weighted by Gasteiger charge is -2.06. The van der Waals surface area contributed by atoms with Crippen LogP contribution >= 0.6 is 0 Å². The molecular formula is C14H17N3O. The van der Waals surface area contributed by atoms with E-state index in [1.54, 1.807) is 0 Å². The normalized spacial score (nSPS) is 10.6. The molecule has 0 saturated carbocycles. The van der Waals surface area contributed by atoms with Crippen molar-refractivity contribution in [2.75, 3.05) is 5.32 Å². The van der Waals surface area contributed by atoms with Crippen LogP contribution in [0.3, 0.4) is 0 Å². The van der Waals surface area contributed by atoms with Gasteiger partial charge in [0, 0.05) is 17.5 Å². The summed E-state index contributed by atoms with van der Waals surface area (Å²) in [5, 5.41) is 3.81. The molecule has 0 spiro atoms. The van der Waals surface area contributed by atoms with Crippen LogP contribution in [0.2, 0.25) is 0 Å². The molecule has 0 unspecified atom stereocenters. The van der Waals surface area contributed by atoms with Crippen molar-refractivity contribution in [1.29, 1.82) is 0 Å². The number of carbonyl (C=O) groups excluding carboxylic acids is 1. The van der Waals surface area contributed by atoms with Crippen molar-refractivity contribution in [3.63, 3.8) is 0 Å². The van der Waals surface area contributed by atoms with Gasteiger partial charge in [-0.05, 0) is 44.0 Å². The van der Waals surface area contributed by atoms with Gasteiger partial charge in [-0.15, -0.1) is 0 Å². The number of pyridine rings is 2. The van der Waals surface area contributed by atoms with E-state index in [-0.39, 0.29) is 5.91 Å². The Morgan fingerprint density at radius 2 is 2.06 bits per heavy atom. The highest BCUT2D eigenvalue weighted by molar-refractivity contribution is 5.91. The average Bonchev–Trinajstić information content (AvgIpc) is 2.28. The van der Waals surface area contributed by atoms with E-state index in [1.165, 1.54) is 0 Å². The number of hydrogen-bond donors (Lipinski definition) is 1. The van der Waals surface area contributed by atoms with E-state index in [0.717, 1.165) is 23.1 Å². The molecule has 2 rings (SSSR count). The molecule has 0 aromatic carbocycles. The first kappa shape index (κ1) is 12.5. The molecule has 2 aromatic heterocycles. The predicted octanol–water partition coefficient (Wildman–Crippen LogP) is 2.99. The SMILES string of the molecule is CCCC(=O)Nc1ccc2c(C)cc(C)nc2n1. The van der Waals surface area contributed by atoms with E-state index in [4.69, 9.17) is 0 Å². The lowest BCUT2D eigenvalue weighted by Crippen LogP contribution is -2.11. The van der Waals surface area contributed by atoms with Crippen LogP contribution in [0.25, 0.3) is 11.0 Å². The third-order valence-corrected chi connectivity index (χ3v) is 2.75. The largest absolute Gasteiger partial charge is 0.311 e. The minimum atomic E-state index is -0.00581. The van der Waals surface area contributed by atoms with Crippen LogP contribution in [0.1, 0.15) is 31.0 Å². The Labute approximate surface area is 106 Å². The van der Waals surface area contributed by atoms with Gasteiger partial charge in [0.2, 0.25) is 5.91 Å². The summed E-state index contributed by atoms with van der Waals surface area (Å²) >= 11 is 0. The summed E-state index contributed by atoms with van der Waals surface area (Å²) in [7, 11) is 0. The van der Waals surface area contributed by atoms with Gasteiger partial charge >= 0.3 is 0 Å². The Kier molecular flexibility index (Phi) is 3.55. The Morgan fingerprint density at radius 1 is 1.28 bits per heavy atom. The molecule has 2 aromatic rings. The highest BCUT2D eigenvalue weighted by atomic mass is 16.1. The molecule has 0 radical (unpaired) electrons. The molecule has 0 aliphatic carbocycles. The topological polar surface area (TPSA) is 54.9 Å². The fourth-order valence-electron chi connectivity index (χ4n) is 1.93. The molecule has 0 bridgehead atoms. The van der Waals surface area contributed by atoms with E-state index in [2.05, 4.69) is 15.3 Å². The third kappa shape index (κ3) is 2.64. The van der Waals surface area contributed by atoms with Crippen LogP contribution in [0.4, 0.5) is 5.82 Å². The molecule has 0 aliphatic rings. The molecule has 4 nitrogen and oxygen atoms in total. The number of rotatable bonds is 3. The van der Waals surface area contributed by atoms with Crippen molar-refractivity contribution in [3.8, 4) is 0 Å². The van der Waals surface area contributed by atoms with Gasteiger partial charge in [-0.1, -0.05) is 6.92 Å². The second kappa shape index (κ2) is 5.12. The van der Waals surface area contributed by atoms with Gasteiger partial charge in [-0.2, -0.15) is 0 Å². The second-order valence-electron chi connectivity index (χ2n) is 4.45. The number of hydrogen-bond acceptors (Lipinski definition) is 3. The van der Waals surface area contributed by atoms with Gasteiger partial charge in [0.1, 0.15) is 5.82 Å². The number of aryl methyl sites for hydroxylation is 2. The van der Waals surface area contributed by atoms with Gasteiger partial charge in [0.15, 0.2) is 5.65 Å². The molecule has 1 N–H and O–H groups in total. The van der Waals surface area contributed by atoms with E-state index in [0.29, 0.717) is 17.9 Å². The minimum absolute atomic E-state index is 0.00581. The van der Waals surface area contributed by atoms with Crippen molar-refractivity contribution in [2.24, 2.45) is 0 Å². The van der Waals surface area contributed by atoms with Gasteiger partial charge in [0.25, 0.3) is 0 Å². The van der Waals surface area contributed by atoms with Crippen LogP contribution in [-0.2, 0) is 4.79 Å². The third-order valence-electron chi connectivity index (χ3n) is 2.75. The maximum atomic E-state index is 11.5. The fourth-order valence-corrected chi connectivity index (χ4v) is 1.93. The first-order valence-electron chi connectivity index (χ1n) is 6.15. The quantitative estimate of drug-likeness (QED) is 0.901. The Morgan fingerprint density at radius 3 is 2.78 bits per heavy atom. The molecule has 2 heterocycles. The van der Waals surface area contributed by atoms with Crippen LogP contribution in [0, 0.1) is 13.8 Å². The molecule has 18 heavy (non-hydrogen) atoms. The molecule has 0 fully saturated rings. The summed E-state index contributed by atoms with van der Waals surface area (Å²) in [6.07, 6.45) is 1.34. The number of amides is 1. The summed E-state index contributed by atoms with van der Waals surface area (Å²) < 4.78 is 0. The Balaban J connectivity index is 2.35. The molecular weight excluding hydrogens is 226 g/mol. The number of anilines is 1. The van der Waals surface area contributed by atoms with Crippen LogP contribution in [0.5, 0.6) is 0 Å². The van der Waals surface area contributed by atoms with E-state index < -0.39 is 0 Å². The van der Waals surface area contributed by atoms with E-state index >= 15 is 0 Å². The van der Waals surface area contributed by atoms with Gasteiger partial charge in [0.05, 0.1) is 0 Å². The molecule has 0 atom stereocenters. The lowest BCUT2D eigenvalue weighted by atomic mass is 10.1. The van der Waals surface area contributed by atoms with Crippen LogP contribution in [0.15, 0.2) is 18.2 Å². The smallest absolute Gasteiger partial charge is 0.225 e. The average molecular weight is 243 g/mol. The van der Waals surface area contributed by atoms with Gasteiger partial charge in [-0.25, -0.2) is 9.97 Å². The highest BCUT2D eigenvalue weighted by Gasteiger charge is 2.05. The van der Waals surface area contributed by atoms with Crippen molar-refractivity contribution >= 4 is 22.8 Å². The summed E-state index contributed by atoms with van der Waals surface area (Å²) in [5.41, 5.74) is 2.77. The summed E-state index contributed by atoms with van der Waals surface area (Å²) in [6, 6.07) is 5.80. The van der Waals surface area contributed by atoms with Crippen LogP contribution < -0.4 is 5.32 Å². The minimum Gasteiger partial charge on any atom is -0.311 e. The maximum absolute atomic E-state index is 11.5. The van der Waals surface area contributed by atoms with E-state index in [1.807, 2.05) is 39.0 Å². The number of fused-ring (bicyclic) bond motifs is 1. The first-order chi connectivity index (χ1) is 8.60. The molecule has 0 saturated heterocycles. The number of nitrogens with one attached hydrogen (secondary N) is 1. The van der Waals surface area contributed by atoms with Gasteiger partial charge in [-0.3, -0.25) is 4.79 Å². The Bertz CT molecular complexity index is 593. The monoisotopic (exact) mass is 243 g/mol. The van der Waals surface area contributed by atoms with Crippen molar-refractivity contribution < 1.29 is 4.79 Å². The Hall–Kier alpha value is -1.97. The summed E-state index contributed by atoms with van der Waals surface area (Å²) in [5.74, 6) is 0.562. The maximum Gasteiger partial charge on any atom is 0.225 e. The first-order valence-corrected chi connectivity index (χ1v) is 6.15. The molecule has 94 valence electrons. The zero-order valence-corrected chi connectivity index (χ0v) is 10.9. The fraction of sp³-hybridized carbons (Fsp3) is 0.357. The highest BCUT2D eigenvalue weighted by Crippen LogP contribution is 2.18. The lowest BCUT2D eigenvalue weighted by molar-refractivity contribution is -0.116. The van der Waals surface area contributed by atoms with Crippen LogP contribution in [-0.4, -0.2) is 15.9 Å². The molecule has 0 aliphatic heterocycles. The number of aromatic nitrogens is 2. The zero-order valence-electron chi connectivity index (χ0n) is 10.9. The standard InChI is InChI=1S/C14H17N3O/c1-4-5-13(18)16-12-7-6-11-9(2)8-10(3)15-14(11)17-12/h6-8H,4-5H2,1-3H3,(H,15,16,17,18). The second-order valence-corrected chi connectivity index (χ2v) is 4.45. The van der Waals surface area contributed by atoms with Crippen molar-refractivity contribution in [2.45, 2.75) is 33.6 Å². The predicted molar refractivity (Wildman–Crippen MR) is 72.5 cm³/mol. The summed E-state index contributed by atoms with van der Waals surface area (Å²) in [6.45, 7) is 5.95. The van der Waals surface area contributed by atoms with Crippen molar-refractivity contribution in [3.05, 3.63) is 29.5 Å². The van der Waals surface area contributed by atoms with Crippen molar-refractivity contribution in [1.82, 2.24) is 9.97 Å². The molecule has 4 heteroatoms. The van der Waals surface area contributed by atoms with E-state index in [9.17, 15) is 4.79 Å². The zero-order chi connectivity index (χ0) is 13.1. The number of nitrogens with zero attached hydrogens (tertiary/aromatic N) is 2. The molecule has 1 amide bonds. The summed E-state index contributed by atoms with van der Waals surface area (Å²) in [4.78, 5) is 20.3. The number of carbonyl (C=O) groups is 1.